The largest absolute Gasteiger partial charge is 0.380 e. The highest BCUT2D eigenvalue weighted by Gasteiger charge is 2.33. The van der Waals surface area contributed by atoms with Crippen molar-refractivity contribution < 1.29 is 9.47 Å². The summed E-state index contributed by atoms with van der Waals surface area (Å²) in [4.78, 5) is 0. The minimum absolute atomic E-state index is 0.286. The molecule has 0 N–H and O–H groups in total. The van der Waals surface area contributed by atoms with Gasteiger partial charge in [0.25, 0.3) is 0 Å². The van der Waals surface area contributed by atoms with Crippen LogP contribution in [-0.4, -0.2) is 26.4 Å². The summed E-state index contributed by atoms with van der Waals surface area (Å²) in [5.41, 5.74) is 1.67. The third-order valence-electron chi connectivity index (χ3n) is 2.47. The van der Waals surface area contributed by atoms with Gasteiger partial charge in [0.15, 0.2) is 0 Å². The fraction of sp³-hybridized carbons (Fsp3) is 0.636. The Kier molecular flexibility index (Phi) is 3.21. The van der Waals surface area contributed by atoms with Gasteiger partial charge in [0.2, 0.25) is 0 Å². The van der Waals surface area contributed by atoms with Gasteiger partial charge >= 0.3 is 0 Å². The minimum Gasteiger partial charge on any atom is -0.380 e. The van der Waals surface area contributed by atoms with Gasteiger partial charge in [-0.1, -0.05) is 6.92 Å². The van der Waals surface area contributed by atoms with E-state index in [4.69, 9.17) is 9.47 Å². The lowest BCUT2D eigenvalue weighted by molar-refractivity contribution is -0.137. The molecular formula is C11H16O2S. The lowest BCUT2D eigenvalue weighted by atomic mass is 9.90. The molecule has 0 bridgehead atoms. The van der Waals surface area contributed by atoms with E-state index in [1.54, 1.807) is 11.3 Å². The number of thiophene rings is 1. The zero-order valence-corrected chi connectivity index (χ0v) is 9.31. The minimum atomic E-state index is 0.286. The van der Waals surface area contributed by atoms with Crippen LogP contribution < -0.4 is 0 Å². The average molecular weight is 212 g/mol. The van der Waals surface area contributed by atoms with Gasteiger partial charge in [0.05, 0.1) is 26.4 Å². The molecule has 0 unspecified atom stereocenters. The van der Waals surface area contributed by atoms with E-state index in [2.05, 4.69) is 23.8 Å². The Morgan fingerprint density at radius 2 is 2.43 bits per heavy atom. The first-order valence-corrected chi connectivity index (χ1v) is 5.89. The molecule has 0 atom stereocenters. The molecule has 3 heteroatoms. The lowest BCUT2D eigenvalue weighted by Crippen LogP contribution is -2.43. The van der Waals surface area contributed by atoms with Crippen molar-refractivity contribution in [3.8, 4) is 0 Å². The molecule has 2 rings (SSSR count). The molecule has 0 aliphatic carbocycles. The molecule has 1 fully saturated rings. The van der Waals surface area contributed by atoms with Gasteiger partial charge < -0.3 is 9.47 Å². The van der Waals surface area contributed by atoms with Crippen LogP contribution in [0, 0.1) is 5.41 Å². The second-order valence-electron chi connectivity index (χ2n) is 4.24. The van der Waals surface area contributed by atoms with Crippen LogP contribution >= 0.6 is 11.3 Å². The van der Waals surface area contributed by atoms with Crippen LogP contribution in [0.25, 0.3) is 0 Å². The Morgan fingerprint density at radius 3 is 3.00 bits per heavy atom. The highest BCUT2D eigenvalue weighted by atomic mass is 32.1. The SMILES string of the molecule is CC1(COCCc2ccsc2)COC1. The highest BCUT2D eigenvalue weighted by Crippen LogP contribution is 2.26. The number of ether oxygens (including phenoxy) is 2. The summed E-state index contributed by atoms with van der Waals surface area (Å²) in [6.45, 7) is 5.57. The van der Waals surface area contributed by atoms with Crippen molar-refractivity contribution in [2.45, 2.75) is 13.3 Å². The van der Waals surface area contributed by atoms with E-state index >= 15 is 0 Å². The molecule has 0 spiro atoms. The van der Waals surface area contributed by atoms with E-state index in [0.717, 1.165) is 32.8 Å². The van der Waals surface area contributed by atoms with Crippen molar-refractivity contribution in [3.63, 3.8) is 0 Å². The van der Waals surface area contributed by atoms with Crippen LogP contribution in [0.5, 0.6) is 0 Å². The van der Waals surface area contributed by atoms with Crippen molar-refractivity contribution in [2.24, 2.45) is 5.41 Å². The zero-order chi connectivity index (χ0) is 9.86. The molecule has 1 saturated heterocycles. The van der Waals surface area contributed by atoms with Crippen molar-refractivity contribution >= 4 is 11.3 Å². The first-order chi connectivity index (χ1) is 6.79. The second kappa shape index (κ2) is 4.43. The predicted octanol–water partition coefficient (Wildman–Crippen LogP) is 2.34. The topological polar surface area (TPSA) is 18.5 Å². The molecule has 1 aromatic heterocycles. The summed E-state index contributed by atoms with van der Waals surface area (Å²) in [7, 11) is 0. The van der Waals surface area contributed by atoms with Gasteiger partial charge in [-0.3, -0.25) is 0 Å². The first-order valence-electron chi connectivity index (χ1n) is 4.95. The van der Waals surface area contributed by atoms with Gasteiger partial charge in [-0.05, 0) is 28.8 Å². The van der Waals surface area contributed by atoms with Crippen molar-refractivity contribution in [3.05, 3.63) is 22.4 Å². The number of hydrogen-bond acceptors (Lipinski definition) is 3. The molecular weight excluding hydrogens is 196 g/mol. The quantitative estimate of drug-likeness (QED) is 0.697. The van der Waals surface area contributed by atoms with E-state index in [1.165, 1.54) is 5.56 Å². The third-order valence-corrected chi connectivity index (χ3v) is 3.20. The average Bonchev–Trinajstić information content (AvgIpc) is 2.62. The Balaban J connectivity index is 1.59. The molecule has 14 heavy (non-hydrogen) atoms. The van der Waals surface area contributed by atoms with Gasteiger partial charge in [0.1, 0.15) is 0 Å². The third kappa shape index (κ3) is 2.56. The standard InChI is InChI=1S/C11H16O2S/c1-11(8-13-9-11)7-12-4-2-10-3-5-14-6-10/h3,5-6H,2,4,7-9H2,1H3. The van der Waals surface area contributed by atoms with Crippen molar-refractivity contribution in [1.82, 2.24) is 0 Å². The van der Waals surface area contributed by atoms with Crippen LogP contribution in [0.3, 0.4) is 0 Å². The van der Waals surface area contributed by atoms with E-state index in [9.17, 15) is 0 Å². The van der Waals surface area contributed by atoms with E-state index in [1.807, 2.05) is 0 Å². The Morgan fingerprint density at radius 1 is 1.57 bits per heavy atom. The van der Waals surface area contributed by atoms with Crippen LogP contribution in [0.1, 0.15) is 12.5 Å². The smallest absolute Gasteiger partial charge is 0.0564 e. The van der Waals surface area contributed by atoms with E-state index in [0.29, 0.717) is 0 Å². The zero-order valence-electron chi connectivity index (χ0n) is 8.49. The Labute approximate surface area is 88.8 Å². The fourth-order valence-corrected chi connectivity index (χ4v) is 2.18. The molecule has 78 valence electrons. The maximum atomic E-state index is 5.64. The van der Waals surface area contributed by atoms with Crippen LogP contribution in [-0.2, 0) is 15.9 Å². The van der Waals surface area contributed by atoms with Crippen LogP contribution in [0.15, 0.2) is 16.8 Å². The van der Waals surface area contributed by atoms with E-state index < -0.39 is 0 Å². The highest BCUT2D eigenvalue weighted by molar-refractivity contribution is 7.07. The van der Waals surface area contributed by atoms with Gasteiger partial charge in [-0.15, -0.1) is 0 Å². The van der Waals surface area contributed by atoms with Crippen molar-refractivity contribution in [2.75, 3.05) is 26.4 Å². The predicted molar refractivity (Wildman–Crippen MR) is 57.8 cm³/mol. The summed E-state index contributed by atoms with van der Waals surface area (Å²) in [5, 5.41) is 4.29. The molecule has 0 radical (unpaired) electrons. The summed E-state index contributed by atoms with van der Waals surface area (Å²) < 4.78 is 10.8. The maximum absolute atomic E-state index is 5.64. The Bertz CT molecular complexity index is 265. The molecule has 1 aliphatic rings. The maximum Gasteiger partial charge on any atom is 0.0564 e. The summed E-state index contributed by atoms with van der Waals surface area (Å²) in [6, 6.07) is 2.15. The van der Waals surface area contributed by atoms with Gasteiger partial charge in [-0.2, -0.15) is 11.3 Å². The van der Waals surface area contributed by atoms with Gasteiger partial charge in [0, 0.05) is 5.41 Å². The number of hydrogen-bond donors (Lipinski definition) is 0. The molecule has 1 aromatic rings. The molecule has 0 amide bonds. The summed E-state index contributed by atoms with van der Waals surface area (Å²) >= 11 is 1.74. The second-order valence-corrected chi connectivity index (χ2v) is 5.02. The van der Waals surface area contributed by atoms with Crippen LogP contribution in [0.2, 0.25) is 0 Å². The molecule has 2 heterocycles. The first kappa shape index (κ1) is 10.1. The summed E-state index contributed by atoms with van der Waals surface area (Å²) in [5.74, 6) is 0. The molecule has 0 saturated carbocycles. The van der Waals surface area contributed by atoms with Crippen molar-refractivity contribution in [1.29, 1.82) is 0 Å². The fourth-order valence-electron chi connectivity index (χ4n) is 1.48. The molecule has 0 aromatic carbocycles. The Hall–Kier alpha value is -0.380. The lowest BCUT2D eigenvalue weighted by Gasteiger charge is -2.37. The van der Waals surface area contributed by atoms with Gasteiger partial charge in [-0.25, -0.2) is 0 Å². The molecule has 1 aliphatic heterocycles. The normalized spacial score (nSPS) is 19.2. The monoisotopic (exact) mass is 212 g/mol. The molecule has 2 nitrogen and oxygen atoms in total. The van der Waals surface area contributed by atoms with E-state index in [-0.39, 0.29) is 5.41 Å². The van der Waals surface area contributed by atoms with Crippen LogP contribution in [0.4, 0.5) is 0 Å². The summed E-state index contributed by atoms with van der Waals surface area (Å²) in [6.07, 6.45) is 1.03. The number of rotatable bonds is 5.